The Morgan fingerprint density at radius 2 is 1.75 bits per heavy atom. The van der Waals surface area contributed by atoms with E-state index >= 15 is 0 Å². The number of ketones is 2. The molecule has 2 atom stereocenters. The fourth-order valence-corrected chi connectivity index (χ4v) is 3.13. The first-order valence-corrected chi connectivity index (χ1v) is 7.24. The molecule has 0 saturated carbocycles. The number of hydrogen-bond acceptors (Lipinski definition) is 3. The molecule has 0 bridgehead atoms. The Balaban J connectivity index is 2.05. The molecule has 0 saturated heterocycles. The van der Waals surface area contributed by atoms with E-state index in [-0.39, 0.29) is 23.6 Å². The number of ether oxygens (including phenoxy) is 1. The van der Waals surface area contributed by atoms with Crippen LogP contribution in [0.5, 0.6) is 0 Å². The van der Waals surface area contributed by atoms with Crippen molar-refractivity contribution < 1.29 is 14.3 Å². The van der Waals surface area contributed by atoms with Crippen molar-refractivity contribution >= 4 is 11.6 Å². The van der Waals surface area contributed by atoms with Gasteiger partial charge in [0, 0.05) is 17.0 Å². The fourth-order valence-electron chi connectivity index (χ4n) is 3.13. The molecule has 3 heteroatoms. The minimum Gasteiger partial charge on any atom is -0.485 e. The van der Waals surface area contributed by atoms with Gasteiger partial charge in [-0.2, -0.15) is 0 Å². The number of hydrogen-bond donors (Lipinski definition) is 0. The molecular formula is C17H18O3. The summed E-state index contributed by atoms with van der Waals surface area (Å²) in [6.07, 6.45) is 2.93. The Hall–Kier alpha value is -1.90. The number of benzene rings is 1. The molecule has 0 N–H and O–H groups in total. The predicted molar refractivity (Wildman–Crippen MR) is 75.7 cm³/mol. The summed E-state index contributed by atoms with van der Waals surface area (Å²) in [5.41, 5.74) is 1.60. The molecule has 0 amide bonds. The summed E-state index contributed by atoms with van der Waals surface area (Å²) in [7, 11) is 0. The maximum Gasteiger partial charge on any atom is 0.228 e. The molecule has 0 spiro atoms. The van der Waals surface area contributed by atoms with Gasteiger partial charge in [-0.25, -0.2) is 0 Å². The zero-order valence-corrected chi connectivity index (χ0v) is 11.8. The second-order valence-corrected chi connectivity index (χ2v) is 5.52. The van der Waals surface area contributed by atoms with E-state index in [1.54, 1.807) is 24.3 Å². The van der Waals surface area contributed by atoms with E-state index < -0.39 is 0 Å². The molecule has 1 heterocycles. The lowest BCUT2D eigenvalue weighted by atomic mass is 9.80. The normalized spacial score (nSPS) is 24.5. The smallest absolute Gasteiger partial charge is 0.228 e. The number of rotatable bonds is 3. The molecule has 104 valence electrons. The van der Waals surface area contributed by atoms with Crippen molar-refractivity contribution in [2.24, 2.45) is 5.92 Å². The molecule has 3 rings (SSSR count). The van der Waals surface area contributed by atoms with E-state index in [2.05, 4.69) is 6.92 Å². The van der Waals surface area contributed by atoms with Crippen molar-refractivity contribution in [3.63, 3.8) is 0 Å². The number of carbonyl (C=O) groups is 2. The number of carbonyl (C=O) groups excluding carboxylic acids is 2. The summed E-state index contributed by atoms with van der Waals surface area (Å²) in [5, 5.41) is 0. The molecule has 1 aromatic carbocycles. The molecule has 0 unspecified atom stereocenters. The first-order valence-electron chi connectivity index (χ1n) is 7.24. The molecule has 20 heavy (non-hydrogen) atoms. The second-order valence-electron chi connectivity index (χ2n) is 5.52. The number of unbranched alkanes of at least 4 members (excludes halogenated alkanes) is 1. The summed E-state index contributed by atoms with van der Waals surface area (Å²) < 4.78 is 5.72. The average Bonchev–Trinajstić information content (AvgIpc) is 2.80. The van der Waals surface area contributed by atoms with Crippen LogP contribution in [0.4, 0.5) is 0 Å². The van der Waals surface area contributed by atoms with Crippen LogP contribution < -0.4 is 0 Å². The third-order valence-corrected chi connectivity index (χ3v) is 4.22. The van der Waals surface area contributed by atoms with Crippen LogP contribution in [0.25, 0.3) is 0 Å². The van der Waals surface area contributed by atoms with Crippen molar-refractivity contribution in [3.05, 3.63) is 46.7 Å². The van der Waals surface area contributed by atoms with Gasteiger partial charge < -0.3 is 4.74 Å². The second kappa shape index (κ2) is 4.89. The van der Waals surface area contributed by atoms with Gasteiger partial charge in [0.05, 0.1) is 5.57 Å². The minimum atomic E-state index is -0.138. The van der Waals surface area contributed by atoms with E-state index in [0.717, 1.165) is 19.3 Å². The van der Waals surface area contributed by atoms with Gasteiger partial charge in [0.15, 0.2) is 11.5 Å². The third kappa shape index (κ3) is 1.80. The number of Topliss-reactive ketones (excluding diaryl/α,β-unsaturated/α-hetero) is 2. The van der Waals surface area contributed by atoms with E-state index in [0.29, 0.717) is 22.5 Å². The van der Waals surface area contributed by atoms with Crippen LogP contribution in [0, 0.1) is 5.92 Å². The molecule has 0 fully saturated rings. The van der Waals surface area contributed by atoms with E-state index in [4.69, 9.17) is 4.74 Å². The summed E-state index contributed by atoms with van der Waals surface area (Å²) in [6.45, 7) is 4.07. The number of allylic oxidation sites excluding steroid dienone is 1. The van der Waals surface area contributed by atoms with Crippen LogP contribution in [-0.2, 0) is 4.74 Å². The molecule has 3 nitrogen and oxygen atoms in total. The van der Waals surface area contributed by atoms with Gasteiger partial charge in [0.25, 0.3) is 0 Å². The fraction of sp³-hybridized carbons (Fsp3) is 0.412. The largest absolute Gasteiger partial charge is 0.485 e. The average molecular weight is 270 g/mol. The van der Waals surface area contributed by atoms with Gasteiger partial charge in [0.2, 0.25) is 5.78 Å². The summed E-state index contributed by atoms with van der Waals surface area (Å²) in [5.74, 6) is 0.179. The van der Waals surface area contributed by atoms with Gasteiger partial charge >= 0.3 is 0 Å². The Bertz CT molecular complexity index is 612. The molecule has 0 aromatic heterocycles. The summed E-state index contributed by atoms with van der Waals surface area (Å²) >= 11 is 0. The van der Waals surface area contributed by atoms with Crippen LogP contribution in [0.2, 0.25) is 0 Å². The lowest BCUT2D eigenvalue weighted by Crippen LogP contribution is -2.23. The lowest BCUT2D eigenvalue weighted by Gasteiger charge is -2.18. The summed E-state index contributed by atoms with van der Waals surface area (Å²) in [6, 6.07) is 7.02. The van der Waals surface area contributed by atoms with E-state index in [1.807, 2.05) is 6.92 Å². The zero-order valence-electron chi connectivity index (χ0n) is 11.8. The SMILES string of the molecule is CCCC[C@H]1C2=C(O[C@@H]1C)C(=O)c1ccccc1C2=O. The van der Waals surface area contributed by atoms with Crippen LogP contribution in [0.15, 0.2) is 35.6 Å². The van der Waals surface area contributed by atoms with Crippen LogP contribution in [0.3, 0.4) is 0 Å². The van der Waals surface area contributed by atoms with Gasteiger partial charge in [-0.1, -0.05) is 44.0 Å². The minimum absolute atomic E-state index is 0.0272. The van der Waals surface area contributed by atoms with Crippen LogP contribution >= 0.6 is 0 Å². The molecular weight excluding hydrogens is 252 g/mol. The van der Waals surface area contributed by atoms with Gasteiger partial charge in [0.1, 0.15) is 6.10 Å². The molecule has 2 aliphatic rings. The molecule has 1 aliphatic carbocycles. The maximum atomic E-state index is 12.7. The first-order chi connectivity index (χ1) is 9.65. The molecule has 1 aliphatic heterocycles. The lowest BCUT2D eigenvalue weighted by molar-refractivity contribution is 0.0819. The van der Waals surface area contributed by atoms with Crippen LogP contribution in [-0.4, -0.2) is 17.7 Å². The van der Waals surface area contributed by atoms with Crippen molar-refractivity contribution in [1.82, 2.24) is 0 Å². The molecule has 1 aromatic rings. The van der Waals surface area contributed by atoms with E-state index in [9.17, 15) is 9.59 Å². The van der Waals surface area contributed by atoms with Gasteiger partial charge in [-0.05, 0) is 13.3 Å². The van der Waals surface area contributed by atoms with Crippen molar-refractivity contribution in [2.45, 2.75) is 39.2 Å². The molecule has 0 radical (unpaired) electrons. The monoisotopic (exact) mass is 270 g/mol. The quantitative estimate of drug-likeness (QED) is 0.843. The Kier molecular flexibility index (Phi) is 3.20. The predicted octanol–water partition coefficient (Wildman–Crippen LogP) is 3.54. The maximum absolute atomic E-state index is 12.7. The third-order valence-electron chi connectivity index (χ3n) is 4.22. The van der Waals surface area contributed by atoms with Crippen molar-refractivity contribution in [1.29, 1.82) is 0 Å². The van der Waals surface area contributed by atoms with Crippen molar-refractivity contribution in [2.75, 3.05) is 0 Å². The topological polar surface area (TPSA) is 43.4 Å². The standard InChI is InChI=1S/C17H18O3/c1-3-4-7-11-10(2)20-17-14(11)15(18)12-8-5-6-9-13(12)16(17)19/h5-6,8-11H,3-4,7H2,1-2H3/t10-,11-/m1/s1. The Morgan fingerprint density at radius 1 is 1.10 bits per heavy atom. The Labute approximate surface area is 118 Å². The van der Waals surface area contributed by atoms with Crippen LogP contribution in [0.1, 0.15) is 53.8 Å². The van der Waals surface area contributed by atoms with Gasteiger partial charge in [-0.3, -0.25) is 9.59 Å². The van der Waals surface area contributed by atoms with Gasteiger partial charge in [-0.15, -0.1) is 0 Å². The van der Waals surface area contributed by atoms with Crippen molar-refractivity contribution in [3.8, 4) is 0 Å². The first kappa shape index (κ1) is 13.1. The van der Waals surface area contributed by atoms with E-state index in [1.165, 1.54) is 0 Å². The zero-order chi connectivity index (χ0) is 14.3. The summed E-state index contributed by atoms with van der Waals surface area (Å²) in [4.78, 5) is 25.1. The Morgan fingerprint density at radius 3 is 2.40 bits per heavy atom. The highest BCUT2D eigenvalue weighted by Crippen LogP contribution is 2.41. The number of fused-ring (bicyclic) bond motifs is 1. The highest BCUT2D eigenvalue weighted by Gasteiger charge is 2.44. The highest BCUT2D eigenvalue weighted by molar-refractivity contribution is 6.26. The highest BCUT2D eigenvalue weighted by atomic mass is 16.5.